The summed E-state index contributed by atoms with van der Waals surface area (Å²) < 4.78 is 0. The van der Waals surface area contributed by atoms with E-state index in [9.17, 15) is 14.4 Å². The molecule has 0 fully saturated rings. The Morgan fingerprint density at radius 3 is 2.19 bits per heavy atom. The molecular weight excluding hydrogens is 270 g/mol. The fraction of sp³-hybridized carbons (Fsp3) is 0.0625. The van der Waals surface area contributed by atoms with E-state index in [-0.39, 0.29) is 16.7 Å². The van der Waals surface area contributed by atoms with Crippen molar-refractivity contribution in [1.82, 2.24) is 0 Å². The molecule has 5 heteroatoms. The standard InChI is InChI=1S/C16H11NO4/c1-9-2-5-11(6-3-9)17-14(18)12-7-4-10(16(20)21)8-13(12)15(17)19/h2-8H,1H3,(H,20,21). The van der Waals surface area contributed by atoms with E-state index in [0.29, 0.717) is 5.69 Å². The Morgan fingerprint density at radius 2 is 1.57 bits per heavy atom. The van der Waals surface area contributed by atoms with Crippen LogP contribution in [0.3, 0.4) is 0 Å². The molecule has 3 rings (SSSR count). The number of carboxylic acids is 1. The minimum Gasteiger partial charge on any atom is -0.478 e. The summed E-state index contributed by atoms with van der Waals surface area (Å²) >= 11 is 0. The van der Waals surface area contributed by atoms with Gasteiger partial charge >= 0.3 is 5.97 Å². The normalized spacial score (nSPS) is 13.5. The molecule has 21 heavy (non-hydrogen) atoms. The zero-order valence-electron chi connectivity index (χ0n) is 11.2. The van der Waals surface area contributed by atoms with Gasteiger partial charge in [0.2, 0.25) is 0 Å². The monoisotopic (exact) mass is 281 g/mol. The lowest BCUT2D eigenvalue weighted by Gasteiger charge is -2.13. The van der Waals surface area contributed by atoms with E-state index in [1.54, 1.807) is 12.1 Å². The lowest BCUT2D eigenvalue weighted by molar-refractivity contribution is 0.0696. The fourth-order valence-corrected chi connectivity index (χ4v) is 2.30. The first-order valence-corrected chi connectivity index (χ1v) is 6.32. The van der Waals surface area contributed by atoms with Crippen LogP contribution in [0.2, 0.25) is 0 Å². The van der Waals surface area contributed by atoms with Crippen molar-refractivity contribution in [3.05, 3.63) is 64.7 Å². The third-order valence-corrected chi connectivity index (χ3v) is 3.43. The molecule has 0 aliphatic carbocycles. The second kappa shape index (κ2) is 4.56. The largest absolute Gasteiger partial charge is 0.478 e. The minimum atomic E-state index is -1.13. The molecule has 0 atom stereocenters. The van der Waals surface area contributed by atoms with Crippen molar-refractivity contribution in [3.63, 3.8) is 0 Å². The van der Waals surface area contributed by atoms with Gasteiger partial charge in [-0.1, -0.05) is 17.7 Å². The first-order valence-electron chi connectivity index (χ1n) is 6.32. The molecular formula is C16H11NO4. The lowest BCUT2D eigenvalue weighted by atomic mass is 10.1. The van der Waals surface area contributed by atoms with Crippen LogP contribution in [0.25, 0.3) is 0 Å². The van der Waals surface area contributed by atoms with Crippen LogP contribution in [0.4, 0.5) is 5.69 Å². The highest BCUT2D eigenvalue weighted by molar-refractivity contribution is 6.34. The number of aromatic carboxylic acids is 1. The Labute approximate surface area is 120 Å². The molecule has 0 unspecified atom stereocenters. The molecule has 0 spiro atoms. The Morgan fingerprint density at radius 1 is 0.952 bits per heavy atom. The van der Waals surface area contributed by atoms with E-state index >= 15 is 0 Å². The predicted molar refractivity (Wildman–Crippen MR) is 75.7 cm³/mol. The van der Waals surface area contributed by atoms with Gasteiger partial charge in [-0.3, -0.25) is 9.59 Å². The number of anilines is 1. The molecule has 0 radical (unpaired) electrons. The molecule has 1 heterocycles. The van der Waals surface area contributed by atoms with Gasteiger partial charge in [-0.05, 0) is 37.3 Å². The zero-order valence-corrected chi connectivity index (χ0v) is 11.2. The van der Waals surface area contributed by atoms with Crippen molar-refractivity contribution in [2.24, 2.45) is 0 Å². The molecule has 1 aliphatic rings. The maximum absolute atomic E-state index is 12.4. The lowest BCUT2D eigenvalue weighted by Crippen LogP contribution is -2.29. The smallest absolute Gasteiger partial charge is 0.335 e. The molecule has 0 saturated carbocycles. The number of aryl methyl sites for hydroxylation is 1. The number of fused-ring (bicyclic) bond motifs is 1. The van der Waals surface area contributed by atoms with Crippen molar-refractivity contribution >= 4 is 23.5 Å². The number of carbonyl (C=O) groups excluding carboxylic acids is 2. The number of benzene rings is 2. The van der Waals surface area contributed by atoms with Crippen molar-refractivity contribution in [2.75, 3.05) is 4.90 Å². The summed E-state index contributed by atoms with van der Waals surface area (Å²) in [7, 11) is 0. The van der Waals surface area contributed by atoms with E-state index in [4.69, 9.17) is 5.11 Å². The van der Waals surface area contributed by atoms with Gasteiger partial charge in [0, 0.05) is 0 Å². The van der Waals surface area contributed by atoms with Gasteiger partial charge in [-0.2, -0.15) is 0 Å². The Balaban J connectivity index is 2.08. The van der Waals surface area contributed by atoms with Crippen LogP contribution >= 0.6 is 0 Å². The van der Waals surface area contributed by atoms with E-state index in [0.717, 1.165) is 10.5 Å². The van der Waals surface area contributed by atoms with E-state index in [1.165, 1.54) is 18.2 Å². The molecule has 2 aromatic rings. The van der Waals surface area contributed by atoms with Gasteiger partial charge in [0.05, 0.1) is 22.4 Å². The number of nitrogens with zero attached hydrogens (tertiary/aromatic N) is 1. The topological polar surface area (TPSA) is 74.7 Å². The highest BCUT2D eigenvalue weighted by Gasteiger charge is 2.37. The van der Waals surface area contributed by atoms with Crippen LogP contribution in [0.5, 0.6) is 0 Å². The van der Waals surface area contributed by atoms with Gasteiger partial charge in [0.1, 0.15) is 0 Å². The Bertz CT molecular complexity index is 777. The second-order valence-electron chi connectivity index (χ2n) is 4.85. The van der Waals surface area contributed by atoms with Crippen LogP contribution in [0.15, 0.2) is 42.5 Å². The third kappa shape index (κ3) is 1.99. The molecule has 2 amide bonds. The van der Waals surface area contributed by atoms with E-state index in [2.05, 4.69) is 0 Å². The van der Waals surface area contributed by atoms with Gasteiger partial charge in [0.25, 0.3) is 11.8 Å². The average molecular weight is 281 g/mol. The number of amides is 2. The number of hydrogen-bond acceptors (Lipinski definition) is 3. The summed E-state index contributed by atoms with van der Waals surface area (Å²) in [4.78, 5) is 36.7. The summed E-state index contributed by atoms with van der Waals surface area (Å²) in [5, 5.41) is 8.97. The molecule has 104 valence electrons. The second-order valence-corrected chi connectivity index (χ2v) is 4.85. The molecule has 0 bridgehead atoms. The van der Waals surface area contributed by atoms with Crippen LogP contribution < -0.4 is 4.90 Å². The molecule has 1 N–H and O–H groups in total. The maximum atomic E-state index is 12.4. The van der Waals surface area contributed by atoms with Crippen LogP contribution in [-0.4, -0.2) is 22.9 Å². The maximum Gasteiger partial charge on any atom is 0.335 e. The van der Waals surface area contributed by atoms with E-state index in [1.807, 2.05) is 19.1 Å². The van der Waals surface area contributed by atoms with Crippen LogP contribution in [0.1, 0.15) is 36.6 Å². The number of carbonyl (C=O) groups is 3. The van der Waals surface area contributed by atoms with Crippen LogP contribution in [0, 0.1) is 6.92 Å². The molecule has 5 nitrogen and oxygen atoms in total. The molecule has 0 aromatic heterocycles. The summed E-state index contributed by atoms with van der Waals surface area (Å²) in [6.07, 6.45) is 0. The summed E-state index contributed by atoms with van der Waals surface area (Å²) in [5.41, 5.74) is 1.83. The Kier molecular flexibility index (Phi) is 2.83. The third-order valence-electron chi connectivity index (χ3n) is 3.43. The number of rotatable bonds is 2. The van der Waals surface area contributed by atoms with Gasteiger partial charge in [0.15, 0.2) is 0 Å². The quantitative estimate of drug-likeness (QED) is 0.858. The predicted octanol–water partition coefficient (Wildman–Crippen LogP) is 2.49. The zero-order chi connectivity index (χ0) is 15.1. The highest BCUT2D eigenvalue weighted by atomic mass is 16.4. The molecule has 0 saturated heterocycles. The molecule has 2 aromatic carbocycles. The number of hydrogen-bond donors (Lipinski definition) is 1. The fourth-order valence-electron chi connectivity index (χ4n) is 2.30. The van der Waals surface area contributed by atoms with Gasteiger partial charge in [-0.25, -0.2) is 9.69 Å². The highest BCUT2D eigenvalue weighted by Crippen LogP contribution is 2.29. The summed E-state index contributed by atoms with van der Waals surface area (Å²) in [6.45, 7) is 1.91. The summed E-state index contributed by atoms with van der Waals surface area (Å²) in [6, 6.07) is 10.9. The number of imide groups is 1. The SMILES string of the molecule is Cc1ccc(N2C(=O)c3ccc(C(=O)O)cc3C2=O)cc1. The van der Waals surface area contributed by atoms with Gasteiger partial charge < -0.3 is 5.11 Å². The first-order chi connectivity index (χ1) is 9.99. The van der Waals surface area contributed by atoms with Crippen molar-refractivity contribution in [1.29, 1.82) is 0 Å². The average Bonchev–Trinajstić information content (AvgIpc) is 2.72. The Hall–Kier alpha value is -2.95. The van der Waals surface area contributed by atoms with Crippen molar-refractivity contribution in [2.45, 2.75) is 6.92 Å². The van der Waals surface area contributed by atoms with Gasteiger partial charge in [-0.15, -0.1) is 0 Å². The van der Waals surface area contributed by atoms with Crippen molar-refractivity contribution < 1.29 is 19.5 Å². The summed E-state index contributed by atoms with van der Waals surface area (Å²) in [5.74, 6) is -2.07. The minimum absolute atomic E-state index is 0.0133. The first kappa shape index (κ1) is 13.1. The molecule has 1 aliphatic heterocycles. The van der Waals surface area contributed by atoms with E-state index < -0.39 is 17.8 Å². The van der Waals surface area contributed by atoms with Crippen molar-refractivity contribution in [3.8, 4) is 0 Å². The number of carboxylic acid groups (broad SMARTS) is 1. The van der Waals surface area contributed by atoms with Crippen LogP contribution in [-0.2, 0) is 0 Å².